The molecular formula is C34H28N4. The summed E-state index contributed by atoms with van der Waals surface area (Å²) in [5.74, 6) is 0. The molecule has 4 nitrogen and oxygen atoms in total. The predicted molar refractivity (Wildman–Crippen MR) is 159 cm³/mol. The van der Waals surface area contributed by atoms with Crippen LogP contribution < -0.4 is 0 Å². The minimum Gasteiger partial charge on any atom is -0.361 e. The van der Waals surface area contributed by atoms with Crippen LogP contribution in [0.25, 0.3) is 43.6 Å². The summed E-state index contributed by atoms with van der Waals surface area (Å²) in [6, 6.07) is 33.8. The molecule has 38 heavy (non-hydrogen) atoms. The second kappa shape index (κ2) is 9.49. The lowest BCUT2D eigenvalue weighted by Gasteiger charge is -1.98. The Morgan fingerprint density at radius 3 is 0.816 bits per heavy atom. The summed E-state index contributed by atoms with van der Waals surface area (Å²) in [6.45, 7) is 0. The number of hydrogen-bond donors (Lipinski definition) is 4. The summed E-state index contributed by atoms with van der Waals surface area (Å²) in [6.07, 6.45) is 10.4. The maximum atomic E-state index is 3.34. The van der Waals surface area contributed by atoms with Crippen LogP contribution in [0.1, 0.15) is 22.3 Å². The molecule has 0 aliphatic heterocycles. The van der Waals surface area contributed by atoms with Crippen molar-refractivity contribution in [2.24, 2.45) is 0 Å². The molecule has 0 aliphatic carbocycles. The van der Waals surface area contributed by atoms with Crippen molar-refractivity contribution in [1.29, 1.82) is 0 Å². The molecule has 0 bridgehead atoms. The zero-order valence-electron chi connectivity index (χ0n) is 21.0. The number of para-hydroxylation sites is 4. The van der Waals surface area contributed by atoms with Gasteiger partial charge in [0.05, 0.1) is 0 Å². The standard InChI is InChI=1S/2C17H14N2/c2*1-3-7-16-14(5-1)12(10-18-16)9-13-11-19-17-8-4-2-6-15(13)17/h2*1-8,10-11,18-19H,9H2. The zero-order valence-corrected chi connectivity index (χ0v) is 21.0. The number of aromatic amines is 4. The Kier molecular flexibility index (Phi) is 5.56. The Labute approximate surface area is 220 Å². The van der Waals surface area contributed by atoms with Crippen LogP contribution in [0.15, 0.2) is 122 Å². The minimum absolute atomic E-state index is 0.952. The van der Waals surface area contributed by atoms with Gasteiger partial charge in [0.2, 0.25) is 0 Å². The van der Waals surface area contributed by atoms with Gasteiger partial charge >= 0.3 is 0 Å². The number of rotatable bonds is 4. The fourth-order valence-corrected chi connectivity index (χ4v) is 5.52. The molecule has 4 heterocycles. The number of aromatic nitrogens is 4. The van der Waals surface area contributed by atoms with Gasteiger partial charge in [0, 0.05) is 81.2 Å². The van der Waals surface area contributed by atoms with Gasteiger partial charge in [-0.2, -0.15) is 0 Å². The van der Waals surface area contributed by atoms with E-state index in [1.165, 1.54) is 65.9 Å². The van der Waals surface area contributed by atoms with Crippen LogP contribution in [-0.2, 0) is 12.8 Å². The average Bonchev–Trinajstić information content (AvgIpc) is 3.76. The van der Waals surface area contributed by atoms with Crippen molar-refractivity contribution in [3.63, 3.8) is 0 Å². The highest BCUT2D eigenvalue weighted by molar-refractivity contribution is 5.88. The molecule has 4 aromatic carbocycles. The van der Waals surface area contributed by atoms with E-state index in [1.807, 2.05) is 0 Å². The van der Waals surface area contributed by atoms with E-state index in [4.69, 9.17) is 0 Å². The fraction of sp³-hybridized carbons (Fsp3) is 0.0588. The van der Waals surface area contributed by atoms with Crippen molar-refractivity contribution in [1.82, 2.24) is 19.9 Å². The third-order valence-electron chi connectivity index (χ3n) is 7.46. The quantitative estimate of drug-likeness (QED) is 0.190. The second-order valence-corrected chi connectivity index (χ2v) is 9.79. The van der Waals surface area contributed by atoms with E-state index >= 15 is 0 Å². The minimum atomic E-state index is 0.952. The smallest absolute Gasteiger partial charge is 0.0456 e. The van der Waals surface area contributed by atoms with Gasteiger partial charge in [0.25, 0.3) is 0 Å². The molecule has 0 fully saturated rings. The number of benzene rings is 4. The van der Waals surface area contributed by atoms with Gasteiger partial charge in [0.15, 0.2) is 0 Å². The highest BCUT2D eigenvalue weighted by atomic mass is 14.7. The van der Waals surface area contributed by atoms with E-state index in [9.17, 15) is 0 Å². The second-order valence-electron chi connectivity index (χ2n) is 9.79. The van der Waals surface area contributed by atoms with Crippen LogP contribution in [0, 0.1) is 0 Å². The molecule has 0 amide bonds. The van der Waals surface area contributed by atoms with Crippen LogP contribution in [-0.4, -0.2) is 19.9 Å². The molecule has 0 radical (unpaired) electrons. The van der Waals surface area contributed by atoms with Gasteiger partial charge < -0.3 is 19.9 Å². The summed E-state index contributed by atoms with van der Waals surface area (Å²) in [7, 11) is 0. The third kappa shape index (κ3) is 4.06. The Hall–Kier alpha value is -4.96. The number of fused-ring (bicyclic) bond motifs is 4. The van der Waals surface area contributed by atoms with E-state index in [2.05, 4.69) is 142 Å². The molecule has 0 saturated heterocycles. The molecule has 8 aromatic rings. The first-order valence-corrected chi connectivity index (χ1v) is 13.0. The van der Waals surface area contributed by atoms with Gasteiger partial charge in [-0.05, 0) is 46.5 Å². The third-order valence-corrected chi connectivity index (χ3v) is 7.46. The van der Waals surface area contributed by atoms with Gasteiger partial charge in [-0.1, -0.05) is 72.8 Å². The van der Waals surface area contributed by atoms with E-state index in [0.29, 0.717) is 0 Å². The normalized spacial score (nSPS) is 11.4. The molecule has 0 unspecified atom stereocenters. The monoisotopic (exact) mass is 492 g/mol. The van der Waals surface area contributed by atoms with Crippen molar-refractivity contribution in [3.8, 4) is 0 Å². The summed E-state index contributed by atoms with van der Waals surface area (Å²) in [5.41, 5.74) is 10.2. The highest BCUT2D eigenvalue weighted by Crippen LogP contribution is 2.26. The molecule has 0 spiro atoms. The average molecular weight is 493 g/mol. The fourth-order valence-electron chi connectivity index (χ4n) is 5.52. The number of nitrogens with one attached hydrogen (secondary N) is 4. The zero-order chi connectivity index (χ0) is 25.3. The molecule has 0 atom stereocenters. The Balaban J connectivity index is 0.000000127. The van der Waals surface area contributed by atoms with Crippen LogP contribution in [0.4, 0.5) is 0 Å². The lowest BCUT2D eigenvalue weighted by Crippen LogP contribution is -1.84. The first-order valence-electron chi connectivity index (χ1n) is 13.0. The van der Waals surface area contributed by atoms with Gasteiger partial charge in [-0.3, -0.25) is 0 Å². The molecule has 184 valence electrons. The molecule has 0 saturated carbocycles. The van der Waals surface area contributed by atoms with Crippen molar-refractivity contribution < 1.29 is 0 Å². The Bertz CT molecular complexity index is 1710. The predicted octanol–water partition coefficient (Wildman–Crippen LogP) is 8.48. The van der Waals surface area contributed by atoms with E-state index in [-0.39, 0.29) is 0 Å². The van der Waals surface area contributed by atoms with Crippen LogP contribution in [0.3, 0.4) is 0 Å². The molecule has 4 aromatic heterocycles. The van der Waals surface area contributed by atoms with E-state index in [0.717, 1.165) is 12.8 Å². The summed E-state index contributed by atoms with van der Waals surface area (Å²) < 4.78 is 0. The lowest BCUT2D eigenvalue weighted by atomic mass is 10.0. The van der Waals surface area contributed by atoms with Crippen molar-refractivity contribution in [3.05, 3.63) is 144 Å². The van der Waals surface area contributed by atoms with E-state index < -0.39 is 0 Å². The Morgan fingerprint density at radius 2 is 0.553 bits per heavy atom. The summed E-state index contributed by atoms with van der Waals surface area (Å²) >= 11 is 0. The maximum Gasteiger partial charge on any atom is 0.0456 e. The first kappa shape index (κ1) is 22.3. The Morgan fingerprint density at radius 1 is 0.316 bits per heavy atom. The molecule has 8 rings (SSSR count). The topological polar surface area (TPSA) is 63.2 Å². The molecule has 4 heteroatoms. The summed E-state index contributed by atoms with van der Waals surface area (Å²) in [4.78, 5) is 13.4. The summed E-state index contributed by atoms with van der Waals surface area (Å²) in [5, 5.41) is 5.25. The lowest BCUT2D eigenvalue weighted by molar-refractivity contribution is 1.22. The molecule has 0 aliphatic rings. The number of H-pyrrole nitrogens is 4. The maximum absolute atomic E-state index is 3.34. The first-order chi connectivity index (χ1) is 18.8. The van der Waals surface area contributed by atoms with Gasteiger partial charge in [-0.25, -0.2) is 0 Å². The van der Waals surface area contributed by atoms with E-state index in [1.54, 1.807) is 0 Å². The van der Waals surface area contributed by atoms with Gasteiger partial charge in [0.1, 0.15) is 0 Å². The SMILES string of the molecule is c1ccc2c(Cc3c[nH]c4ccccc34)c[nH]c2c1.c1ccc2c(Cc3c[nH]c4ccccc34)c[nH]c2c1. The molecular weight excluding hydrogens is 464 g/mol. The largest absolute Gasteiger partial charge is 0.361 e. The molecule has 4 N–H and O–H groups in total. The van der Waals surface area contributed by atoms with Crippen LogP contribution in [0.5, 0.6) is 0 Å². The van der Waals surface area contributed by atoms with Crippen molar-refractivity contribution in [2.45, 2.75) is 12.8 Å². The highest BCUT2D eigenvalue weighted by Gasteiger charge is 2.09. The van der Waals surface area contributed by atoms with Crippen LogP contribution >= 0.6 is 0 Å². The van der Waals surface area contributed by atoms with Crippen molar-refractivity contribution in [2.75, 3.05) is 0 Å². The van der Waals surface area contributed by atoms with Crippen LogP contribution in [0.2, 0.25) is 0 Å². The number of hydrogen-bond acceptors (Lipinski definition) is 0. The van der Waals surface area contributed by atoms with Crippen molar-refractivity contribution >= 4 is 43.6 Å². The van der Waals surface area contributed by atoms with Gasteiger partial charge in [-0.15, -0.1) is 0 Å².